The maximum atomic E-state index is 11.2. The first-order valence-corrected chi connectivity index (χ1v) is 5.99. The van der Waals surface area contributed by atoms with E-state index in [0.29, 0.717) is 16.7 Å². The average molecular weight is 244 g/mol. The largest absolute Gasteiger partial charge is 0.273 e. The zero-order valence-corrected chi connectivity index (χ0v) is 9.96. The summed E-state index contributed by atoms with van der Waals surface area (Å²) in [6.07, 6.45) is 0. The van der Waals surface area contributed by atoms with Crippen molar-refractivity contribution in [2.24, 2.45) is 5.14 Å². The van der Waals surface area contributed by atoms with Gasteiger partial charge in [0.05, 0.1) is 9.82 Å². The Labute approximate surface area is 93.3 Å². The van der Waals surface area contributed by atoms with Crippen LogP contribution in [0.4, 0.5) is 5.69 Å². The van der Waals surface area contributed by atoms with Gasteiger partial charge in [-0.2, -0.15) is 0 Å². The molecule has 0 saturated carbocycles. The first kappa shape index (κ1) is 12.6. The van der Waals surface area contributed by atoms with Crippen LogP contribution in [0.5, 0.6) is 0 Å². The van der Waals surface area contributed by atoms with E-state index < -0.39 is 14.9 Å². The number of hydrogen-bond acceptors (Lipinski definition) is 4. The van der Waals surface area contributed by atoms with Gasteiger partial charge < -0.3 is 0 Å². The summed E-state index contributed by atoms with van der Waals surface area (Å²) < 4.78 is 22.5. The monoisotopic (exact) mass is 244 g/mol. The van der Waals surface area contributed by atoms with Crippen molar-refractivity contribution in [3.8, 4) is 0 Å². The predicted molar refractivity (Wildman–Crippen MR) is 58.7 cm³/mol. The fourth-order valence-electron chi connectivity index (χ4n) is 1.48. The second kappa shape index (κ2) is 3.84. The molecule has 0 aliphatic heterocycles. The van der Waals surface area contributed by atoms with E-state index >= 15 is 0 Å². The Bertz CT molecular complexity index is 563. The number of nitro benzene ring substituents is 1. The molecule has 0 amide bonds. The van der Waals surface area contributed by atoms with Crippen LogP contribution in [0.25, 0.3) is 0 Å². The highest BCUT2D eigenvalue weighted by Gasteiger charge is 2.22. The molecule has 1 aromatic carbocycles. The summed E-state index contributed by atoms with van der Waals surface area (Å²) in [5.41, 5.74) is 1.24. The molecule has 0 fully saturated rings. The Morgan fingerprint density at radius 1 is 1.19 bits per heavy atom. The van der Waals surface area contributed by atoms with Gasteiger partial charge in [-0.3, -0.25) is 10.1 Å². The standard InChI is InChI=1S/C9H12N2O4S/c1-5-6(2)8(11(12)13)4-9(7(5)3)16(10,14)15/h4H,1-3H3,(H2,10,14,15). The third kappa shape index (κ3) is 2.05. The smallest absolute Gasteiger partial charge is 0.258 e. The van der Waals surface area contributed by atoms with Crippen LogP contribution in [0.3, 0.4) is 0 Å². The first-order chi connectivity index (χ1) is 7.16. The summed E-state index contributed by atoms with van der Waals surface area (Å²) in [7, 11) is -3.93. The lowest BCUT2D eigenvalue weighted by Gasteiger charge is -2.09. The molecule has 0 bridgehead atoms. The van der Waals surface area contributed by atoms with Crippen LogP contribution in [0.15, 0.2) is 11.0 Å². The molecule has 16 heavy (non-hydrogen) atoms. The molecule has 0 aromatic heterocycles. The molecule has 1 aromatic rings. The van der Waals surface area contributed by atoms with Crippen molar-refractivity contribution < 1.29 is 13.3 Å². The molecular weight excluding hydrogens is 232 g/mol. The number of primary sulfonamides is 1. The van der Waals surface area contributed by atoms with E-state index in [9.17, 15) is 18.5 Å². The van der Waals surface area contributed by atoms with Crippen molar-refractivity contribution in [1.82, 2.24) is 0 Å². The van der Waals surface area contributed by atoms with Gasteiger partial charge in [-0.25, -0.2) is 13.6 Å². The molecule has 0 aliphatic carbocycles. The van der Waals surface area contributed by atoms with Crippen LogP contribution in [-0.4, -0.2) is 13.3 Å². The fraction of sp³-hybridized carbons (Fsp3) is 0.333. The van der Waals surface area contributed by atoms with Crippen molar-refractivity contribution in [2.75, 3.05) is 0 Å². The Morgan fingerprint density at radius 3 is 2.06 bits per heavy atom. The van der Waals surface area contributed by atoms with Gasteiger partial charge in [0.1, 0.15) is 0 Å². The molecule has 2 N–H and O–H groups in total. The molecule has 7 heteroatoms. The van der Waals surface area contributed by atoms with E-state index in [4.69, 9.17) is 5.14 Å². The summed E-state index contributed by atoms with van der Waals surface area (Å²) in [4.78, 5) is 9.93. The molecule has 0 aliphatic rings. The minimum atomic E-state index is -3.93. The lowest BCUT2D eigenvalue weighted by atomic mass is 10.0. The van der Waals surface area contributed by atoms with E-state index in [2.05, 4.69) is 0 Å². The number of nitrogens with zero attached hydrogens (tertiary/aromatic N) is 1. The Morgan fingerprint density at radius 2 is 1.69 bits per heavy atom. The lowest BCUT2D eigenvalue weighted by molar-refractivity contribution is -0.385. The Hall–Kier alpha value is -1.47. The van der Waals surface area contributed by atoms with E-state index in [0.717, 1.165) is 6.07 Å². The number of benzene rings is 1. The van der Waals surface area contributed by atoms with Gasteiger partial charge in [-0.1, -0.05) is 0 Å². The number of nitrogens with two attached hydrogens (primary N) is 1. The van der Waals surface area contributed by atoms with Crippen molar-refractivity contribution >= 4 is 15.7 Å². The summed E-state index contributed by atoms with van der Waals surface area (Å²) in [5.74, 6) is 0. The fourth-order valence-corrected chi connectivity index (χ4v) is 2.34. The van der Waals surface area contributed by atoms with Crippen LogP contribution >= 0.6 is 0 Å². The highest BCUT2D eigenvalue weighted by atomic mass is 32.2. The molecule has 0 saturated heterocycles. The van der Waals surface area contributed by atoms with E-state index in [-0.39, 0.29) is 10.6 Å². The van der Waals surface area contributed by atoms with Gasteiger partial charge in [0, 0.05) is 11.6 Å². The van der Waals surface area contributed by atoms with Gasteiger partial charge in [0.25, 0.3) is 5.69 Å². The highest BCUT2D eigenvalue weighted by Crippen LogP contribution is 2.29. The van der Waals surface area contributed by atoms with Gasteiger partial charge in [0.2, 0.25) is 10.0 Å². The highest BCUT2D eigenvalue weighted by molar-refractivity contribution is 7.89. The minimum absolute atomic E-state index is 0.192. The van der Waals surface area contributed by atoms with Crippen molar-refractivity contribution in [3.63, 3.8) is 0 Å². The number of nitro groups is 1. The second-order valence-electron chi connectivity index (χ2n) is 3.57. The maximum Gasteiger partial charge on any atom is 0.273 e. The van der Waals surface area contributed by atoms with Crippen LogP contribution in [-0.2, 0) is 10.0 Å². The molecule has 0 spiro atoms. The Kier molecular flexibility index (Phi) is 3.02. The average Bonchev–Trinajstić information content (AvgIpc) is 2.11. The van der Waals surface area contributed by atoms with Gasteiger partial charge in [-0.15, -0.1) is 0 Å². The molecule has 0 unspecified atom stereocenters. The number of hydrogen-bond donors (Lipinski definition) is 1. The number of rotatable bonds is 2. The third-order valence-electron chi connectivity index (χ3n) is 2.65. The minimum Gasteiger partial charge on any atom is -0.258 e. The SMILES string of the molecule is Cc1c([N+](=O)[O-])cc(S(N)(=O)=O)c(C)c1C. The zero-order chi connectivity index (χ0) is 12.7. The summed E-state index contributed by atoms with van der Waals surface area (Å²) in [6, 6.07) is 1.01. The predicted octanol–water partition coefficient (Wildman–Crippen LogP) is 1.17. The summed E-state index contributed by atoms with van der Waals surface area (Å²) >= 11 is 0. The van der Waals surface area contributed by atoms with E-state index in [1.54, 1.807) is 20.8 Å². The molecule has 0 radical (unpaired) electrons. The van der Waals surface area contributed by atoms with Crippen molar-refractivity contribution in [3.05, 3.63) is 32.9 Å². The summed E-state index contributed by atoms with van der Waals surface area (Å²) in [5, 5.41) is 15.7. The maximum absolute atomic E-state index is 11.2. The van der Waals surface area contributed by atoms with Crippen molar-refractivity contribution in [2.45, 2.75) is 25.7 Å². The van der Waals surface area contributed by atoms with E-state index in [1.165, 1.54) is 0 Å². The van der Waals surface area contributed by atoms with Crippen LogP contribution < -0.4 is 5.14 Å². The zero-order valence-electron chi connectivity index (χ0n) is 9.14. The Balaban J connectivity index is 3.74. The van der Waals surface area contributed by atoms with Crippen LogP contribution in [0, 0.1) is 30.9 Å². The topological polar surface area (TPSA) is 103 Å². The van der Waals surface area contributed by atoms with Crippen LogP contribution in [0.2, 0.25) is 0 Å². The molecule has 6 nitrogen and oxygen atoms in total. The molecular formula is C9H12N2O4S. The van der Waals surface area contributed by atoms with Gasteiger partial charge in [0.15, 0.2) is 0 Å². The van der Waals surface area contributed by atoms with Gasteiger partial charge in [-0.05, 0) is 31.9 Å². The van der Waals surface area contributed by atoms with E-state index in [1.807, 2.05) is 0 Å². The molecule has 0 atom stereocenters. The van der Waals surface area contributed by atoms with Crippen molar-refractivity contribution in [1.29, 1.82) is 0 Å². The normalized spacial score (nSPS) is 11.5. The lowest BCUT2D eigenvalue weighted by Crippen LogP contribution is -2.15. The molecule has 88 valence electrons. The number of sulfonamides is 1. The van der Waals surface area contributed by atoms with Gasteiger partial charge >= 0.3 is 0 Å². The molecule has 1 rings (SSSR count). The summed E-state index contributed by atoms with van der Waals surface area (Å²) in [6.45, 7) is 4.78. The second-order valence-corrected chi connectivity index (χ2v) is 5.10. The quantitative estimate of drug-likeness (QED) is 0.622. The molecule has 0 heterocycles. The third-order valence-corrected chi connectivity index (χ3v) is 3.69. The first-order valence-electron chi connectivity index (χ1n) is 4.44. The van der Waals surface area contributed by atoms with Crippen LogP contribution in [0.1, 0.15) is 16.7 Å².